The summed E-state index contributed by atoms with van der Waals surface area (Å²) < 4.78 is 0. The predicted molar refractivity (Wildman–Crippen MR) is 81.7 cm³/mol. The number of dihydropyridines is 1. The Morgan fingerprint density at radius 1 is 1.61 bits per heavy atom. The highest BCUT2D eigenvalue weighted by atomic mass is 14.8. The van der Waals surface area contributed by atoms with Crippen molar-refractivity contribution in [2.45, 2.75) is 39.5 Å². The minimum absolute atomic E-state index is 0. The molecule has 0 amide bonds. The Morgan fingerprint density at radius 2 is 2.44 bits per heavy atom. The van der Waals surface area contributed by atoms with Crippen molar-refractivity contribution in [1.82, 2.24) is 5.32 Å². The lowest BCUT2D eigenvalue weighted by atomic mass is 9.90. The molecule has 0 aliphatic carbocycles. The zero-order chi connectivity index (χ0) is 13.2. The first-order valence-corrected chi connectivity index (χ1v) is 6.93. The van der Waals surface area contributed by atoms with Gasteiger partial charge in [-0.25, -0.2) is 0 Å². The molecule has 0 bridgehead atoms. The lowest BCUT2D eigenvalue weighted by Gasteiger charge is -2.17. The lowest BCUT2D eigenvalue weighted by Crippen LogP contribution is -2.12. The fraction of sp³-hybridized carbons (Fsp3) is 0.600. The van der Waals surface area contributed by atoms with Crippen LogP contribution in [0.1, 0.15) is 41.0 Å². The van der Waals surface area contributed by atoms with Crippen LogP contribution in [-0.4, -0.2) is 25.5 Å². The van der Waals surface area contributed by atoms with Gasteiger partial charge in [0, 0.05) is 32.9 Å². The Hall–Kier alpha value is -1.38. The quantitative estimate of drug-likeness (QED) is 0.635. The number of nitrogens with zero attached hydrogens (tertiary/aromatic N) is 1. The summed E-state index contributed by atoms with van der Waals surface area (Å²) in [6.07, 6.45) is 12.0. The van der Waals surface area contributed by atoms with Gasteiger partial charge in [0.05, 0.1) is 0 Å². The van der Waals surface area contributed by atoms with E-state index in [9.17, 15) is 0 Å². The molecule has 1 aliphatic heterocycles. The van der Waals surface area contributed by atoms with Gasteiger partial charge in [0.1, 0.15) is 0 Å². The summed E-state index contributed by atoms with van der Waals surface area (Å²) in [4.78, 5) is 4.31. The molecule has 3 nitrogen and oxygen atoms in total. The standard InChI is InChI=1S/C15H25N3.H2/c1-3-6-13(11-17-4-2)9-15(10-16)14-7-5-8-18-12-14;/h7,10-12,15-17H,3-6,8-9H2,1-2H3;1H/b13-11+,16-10?;. The normalized spacial score (nSPS) is 17.2. The number of hydrogen-bond donors (Lipinski definition) is 2. The van der Waals surface area contributed by atoms with Gasteiger partial charge in [-0.05, 0) is 38.0 Å². The van der Waals surface area contributed by atoms with Crippen molar-refractivity contribution < 1.29 is 1.43 Å². The Kier molecular flexibility index (Phi) is 7.07. The van der Waals surface area contributed by atoms with Crippen molar-refractivity contribution in [2.24, 2.45) is 10.9 Å². The Balaban J connectivity index is 0.00000324. The summed E-state index contributed by atoms with van der Waals surface area (Å²) >= 11 is 0. The molecule has 102 valence electrons. The SMILES string of the molecule is CCC/C(=C\NCC)CC(C=N)C1=CCCN=C1.[HH]. The van der Waals surface area contributed by atoms with E-state index in [1.54, 1.807) is 6.21 Å². The largest absolute Gasteiger partial charge is 0.391 e. The predicted octanol–water partition coefficient (Wildman–Crippen LogP) is 3.58. The summed E-state index contributed by atoms with van der Waals surface area (Å²) in [6.45, 7) is 6.14. The van der Waals surface area contributed by atoms with E-state index in [2.05, 4.69) is 36.4 Å². The lowest BCUT2D eigenvalue weighted by molar-refractivity contribution is 0.738. The second-order valence-electron chi connectivity index (χ2n) is 4.62. The molecule has 3 heteroatoms. The summed E-state index contributed by atoms with van der Waals surface area (Å²) in [5, 5.41) is 10.9. The average Bonchev–Trinajstić information content (AvgIpc) is 2.43. The number of hydrogen-bond acceptors (Lipinski definition) is 3. The molecule has 1 unspecified atom stereocenters. The molecule has 0 aromatic rings. The van der Waals surface area contributed by atoms with Crippen LogP contribution in [-0.2, 0) is 0 Å². The van der Waals surface area contributed by atoms with Crippen molar-refractivity contribution >= 4 is 12.4 Å². The molecular formula is C15H27N3. The van der Waals surface area contributed by atoms with E-state index < -0.39 is 0 Å². The minimum Gasteiger partial charge on any atom is -0.391 e. The van der Waals surface area contributed by atoms with Crippen LogP contribution in [0, 0.1) is 11.3 Å². The molecule has 0 aromatic carbocycles. The Bertz CT molecular complexity index is 345. The zero-order valence-corrected chi connectivity index (χ0v) is 11.6. The van der Waals surface area contributed by atoms with Gasteiger partial charge in [-0.1, -0.05) is 25.0 Å². The minimum atomic E-state index is 0. The molecule has 1 aliphatic rings. The van der Waals surface area contributed by atoms with Crippen molar-refractivity contribution in [3.05, 3.63) is 23.4 Å². The molecule has 0 fully saturated rings. The second kappa shape index (κ2) is 8.67. The van der Waals surface area contributed by atoms with Gasteiger partial charge in [-0.15, -0.1) is 0 Å². The number of aliphatic imine (C=N–C) groups is 1. The summed E-state index contributed by atoms with van der Waals surface area (Å²) in [5.74, 6) is 0.186. The van der Waals surface area contributed by atoms with Crippen LogP contribution in [0.5, 0.6) is 0 Å². The third-order valence-electron chi connectivity index (χ3n) is 3.07. The van der Waals surface area contributed by atoms with E-state index in [1.165, 1.54) is 11.1 Å². The summed E-state index contributed by atoms with van der Waals surface area (Å²) in [7, 11) is 0. The fourth-order valence-corrected chi connectivity index (χ4v) is 2.13. The van der Waals surface area contributed by atoms with E-state index in [-0.39, 0.29) is 7.34 Å². The van der Waals surface area contributed by atoms with Gasteiger partial charge in [0.2, 0.25) is 0 Å². The van der Waals surface area contributed by atoms with Crippen LogP contribution in [0.15, 0.2) is 28.4 Å². The van der Waals surface area contributed by atoms with Crippen LogP contribution >= 0.6 is 0 Å². The van der Waals surface area contributed by atoms with Crippen LogP contribution in [0.4, 0.5) is 0 Å². The zero-order valence-electron chi connectivity index (χ0n) is 11.6. The van der Waals surface area contributed by atoms with Gasteiger partial charge < -0.3 is 10.7 Å². The smallest absolute Gasteiger partial charge is 0.0424 e. The second-order valence-corrected chi connectivity index (χ2v) is 4.62. The molecule has 0 aromatic heterocycles. The van der Waals surface area contributed by atoms with Crippen molar-refractivity contribution in [3.63, 3.8) is 0 Å². The molecule has 0 spiro atoms. The molecule has 0 saturated carbocycles. The van der Waals surface area contributed by atoms with Crippen molar-refractivity contribution in [1.29, 1.82) is 5.41 Å². The van der Waals surface area contributed by atoms with E-state index in [4.69, 9.17) is 5.41 Å². The van der Waals surface area contributed by atoms with Crippen LogP contribution in [0.25, 0.3) is 0 Å². The van der Waals surface area contributed by atoms with Crippen LogP contribution < -0.4 is 5.32 Å². The molecular weight excluding hydrogens is 222 g/mol. The highest BCUT2D eigenvalue weighted by Crippen LogP contribution is 2.22. The third kappa shape index (κ3) is 4.86. The molecule has 1 heterocycles. The summed E-state index contributed by atoms with van der Waals surface area (Å²) in [6, 6.07) is 0. The van der Waals surface area contributed by atoms with E-state index >= 15 is 0 Å². The average molecular weight is 249 g/mol. The van der Waals surface area contributed by atoms with Gasteiger partial charge >= 0.3 is 0 Å². The van der Waals surface area contributed by atoms with E-state index in [0.29, 0.717) is 0 Å². The van der Waals surface area contributed by atoms with Crippen molar-refractivity contribution in [3.8, 4) is 0 Å². The van der Waals surface area contributed by atoms with Crippen LogP contribution in [0.3, 0.4) is 0 Å². The first-order chi connectivity index (χ1) is 8.81. The maximum atomic E-state index is 7.62. The van der Waals surface area contributed by atoms with Gasteiger partial charge in [0.25, 0.3) is 0 Å². The van der Waals surface area contributed by atoms with E-state index in [1.807, 2.05) is 6.21 Å². The number of nitrogens with one attached hydrogen (secondary N) is 2. The first kappa shape index (κ1) is 14.7. The monoisotopic (exact) mass is 249 g/mol. The molecule has 0 saturated heterocycles. The topological polar surface area (TPSA) is 48.2 Å². The Morgan fingerprint density at radius 3 is 3.00 bits per heavy atom. The van der Waals surface area contributed by atoms with Gasteiger partial charge in [-0.3, -0.25) is 4.99 Å². The molecule has 18 heavy (non-hydrogen) atoms. The molecule has 0 radical (unpaired) electrons. The number of allylic oxidation sites excluding steroid dienone is 2. The van der Waals surface area contributed by atoms with Gasteiger partial charge in [-0.2, -0.15) is 0 Å². The fourth-order valence-electron chi connectivity index (χ4n) is 2.13. The first-order valence-electron chi connectivity index (χ1n) is 6.93. The molecule has 2 N–H and O–H groups in total. The van der Waals surface area contributed by atoms with Gasteiger partial charge in [0.15, 0.2) is 0 Å². The molecule has 1 rings (SSSR count). The highest BCUT2D eigenvalue weighted by Gasteiger charge is 2.13. The third-order valence-corrected chi connectivity index (χ3v) is 3.07. The maximum Gasteiger partial charge on any atom is 0.0424 e. The van der Waals surface area contributed by atoms with Crippen LogP contribution in [0.2, 0.25) is 0 Å². The highest BCUT2D eigenvalue weighted by molar-refractivity contribution is 5.86. The van der Waals surface area contributed by atoms with Crippen molar-refractivity contribution in [2.75, 3.05) is 13.1 Å². The Labute approximate surface area is 112 Å². The summed E-state index contributed by atoms with van der Waals surface area (Å²) in [5.41, 5.74) is 2.60. The van der Waals surface area contributed by atoms with E-state index in [0.717, 1.165) is 38.8 Å². The number of rotatable bonds is 8. The maximum absolute atomic E-state index is 7.62. The molecule has 1 atom stereocenters.